The summed E-state index contributed by atoms with van der Waals surface area (Å²) in [4.78, 5) is 33.4. The molecule has 1 N–H and O–H groups in total. The first-order chi connectivity index (χ1) is 17.3. The number of thioether (sulfide) groups is 1. The fraction of sp³-hybridized carbons (Fsp3) is 0.345. The zero-order valence-corrected chi connectivity index (χ0v) is 22.3. The molecule has 0 saturated carbocycles. The Balaban J connectivity index is 1.86. The topological polar surface area (TPSA) is 71.0 Å². The highest BCUT2D eigenvalue weighted by molar-refractivity contribution is 8.16. The van der Waals surface area contributed by atoms with Crippen molar-refractivity contribution in [3.63, 3.8) is 0 Å². The maximum Gasteiger partial charge on any atom is 0.338 e. The molecule has 6 nitrogen and oxygen atoms in total. The predicted molar refractivity (Wildman–Crippen MR) is 146 cm³/mol. The lowest BCUT2D eigenvalue weighted by Crippen LogP contribution is -2.38. The van der Waals surface area contributed by atoms with E-state index in [1.165, 1.54) is 11.8 Å². The van der Waals surface area contributed by atoms with Crippen LogP contribution in [0.4, 0.5) is 0 Å². The van der Waals surface area contributed by atoms with Crippen molar-refractivity contribution in [2.45, 2.75) is 47.1 Å². The van der Waals surface area contributed by atoms with Gasteiger partial charge in [-0.2, -0.15) is 0 Å². The Hall–Kier alpha value is -3.32. The van der Waals surface area contributed by atoms with Gasteiger partial charge in [0, 0.05) is 17.8 Å². The van der Waals surface area contributed by atoms with E-state index < -0.39 is 12.0 Å². The summed E-state index contributed by atoms with van der Waals surface area (Å²) in [6, 6.07) is 15.5. The lowest BCUT2D eigenvalue weighted by atomic mass is 9.88. The second-order valence-electron chi connectivity index (χ2n) is 9.48. The Kier molecular flexibility index (Phi) is 7.99. The first kappa shape index (κ1) is 25.8. The molecule has 4 rings (SSSR count). The Morgan fingerprint density at radius 2 is 1.89 bits per heavy atom. The number of hydrogen-bond donors (Lipinski definition) is 1. The van der Waals surface area contributed by atoms with Crippen molar-refractivity contribution in [1.29, 1.82) is 0 Å². The summed E-state index contributed by atoms with van der Waals surface area (Å²) in [5.41, 5.74) is 5.96. The van der Waals surface area contributed by atoms with Crippen LogP contribution in [0, 0.1) is 19.8 Å². The zero-order chi connectivity index (χ0) is 25.8. The molecule has 0 spiro atoms. The van der Waals surface area contributed by atoms with Gasteiger partial charge in [-0.3, -0.25) is 4.79 Å². The summed E-state index contributed by atoms with van der Waals surface area (Å²) in [5, 5.41) is 5.73. The highest BCUT2D eigenvalue weighted by atomic mass is 32.2. The van der Waals surface area contributed by atoms with Crippen LogP contribution >= 0.6 is 11.8 Å². The third-order valence-corrected chi connectivity index (χ3v) is 7.01. The van der Waals surface area contributed by atoms with Crippen molar-refractivity contribution in [2.75, 3.05) is 13.2 Å². The Bertz CT molecular complexity index is 1250. The zero-order valence-electron chi connectivity index (χ0n) is 21.5. The molecule has 1 amide bonds. The van der Waals surface area contributed by atoms with E-state index in [1.807, 2.05) is 40.6 Å². The number of fused-ring (bicyclic) bond motifs is 1. The van der Waals surface area contributed by atoms with Crippen molar-refractivity contribution >= 4 is 34.5 Å². The van der Waals surface area contributed by atoms with Crippen molar-refractivity contribution in [2.24, 2.45) is 10.9 Å². The number of ether oxygens (including phenoxy) is 1. The Morgan fingerprint density at radius 1 is 1.14 bits per heavy atom. The van der Waals surface area contributed by atoms with Gasteiger partial charge in [0.2, 0.25) is 5.91 Å². The smallest absolute Gasteiger partial charge is 0.338 e. The van der Waals surface area contributed by atoms with Crippen LogP contribution in [-0.2, 0) is 14.3 Å². The number of hydrogen-bond acceptors (Lipinski definition) is 6. The number of rotatable bonds is 8. The molecule has 2 heterocycles. The number of amides is 1. The SMILES string of the molecule is CCOC(=O)C1=C(c2ccccc2)N=C2SC=C(CC(=O)NCC(C)C)N2C1c1ccc(C)cc1C. The van der Waals surface area contributed by atoms with E-state index in [9.17, 15) is 9.59 Å². The molecule has 0 fully saturated rings. The number of benzene rings is 2. The fourth-order valence-electron chi connectivity index (χ4n) is 4.46. The molecule has 7 heteroatoms. The molecule has 36 heavy (non-hydrogen) atoms. The van der Waals surface area contributed by atoms with E-state index in [-0.39, 0.29) is 18.9 Å². The van der Waals surface area contributed by atoms with E-state index in [1.54, 1.807) is 6.92 Å². The quantitative estimate of drug-likeness (QED) is 0.465. The van der Waals surface area contributed by atoms with E-state index in [2.05, 4.69) is 51.2 Å². The standard InChI is InChI=1S/C29H33N3O3S/c1-6-35-28(34)25-26(21-10-8-7-9-11-21)31-29-32(27(25)23-13-12-19(4)14-20(23)5)22(17-36-29)15-24(33)30-16-18(2)3/h7-14,17-18,27H,6,15-16H2,1-5H3,(H,30,33). The van der Waals surface area contributed by atoms with Crippen LogP contribution in [0.15, 0.2) is 70.2 Å². The maximum absolute atomic E-state index is 13.6. The Labute approximate surface area is 217 Å². The van der Waals surface area contributed by atoms with Crippen molar-refractivity contribution in [1.82, 2.24) is 10.2 Å². The van der Waals surface area contributed by atoms with Crippen molar-refractivity contribution in [3.05, 3.63) is 87.5 Å². The monoisotopic (exact) mass is 503 g/mol. The summed E-state index contributed by atoms with van der Waals surface area (Å²) >= 11 is 1.48. The Morgan fingerprint density at radius 3 is 2.56 bits per heavy atom. The highest BCUT2D eigenvalue weighted by Crippen LogP contribution is 2.47. The van der Waals surface area contributed by atoms with Crippen molar-refractivity contribution < 1.29 is 14.3 Å². The van der Waals surface area contributed by atoms with Crippen LogP contribution in [0.5, 0.6) is 0 Å². The molecule has 2 aromatic rings. The van der Waals surface area contributed by atoms with Crippen LogP contribution in [-0.4, -0.2) is 35.1 Å². The van der Waals surface area contributed by atoms with Gasteiger partial charge in [-0.1, -0.05) is 79.7 Å². The van der Waals surface area contributed by atoms with Gasteiger partial charge in [-0.25, -0.2) is 9.79 Å². The number of nitrogens with one attached hydrogen (secondary N) is 1. The number of carbonyl (C=O) groups excluding carboxylic acids is 2. The fourth-order valence-corrected chi connectivity index (χ4v) is 5.38. The minimum absolute atomic E-state index is 0.0494. The van der Waals surface area contributed by atoms with Gasteiger partial charge in [-0.05, 0) is 43.2 Å². The van der Waals surface area contributed by atoms with Crippen LogP contribution in [0.3, 0.4) is 0 Å². The van der Waals surface area contributed by atoms with Gasteiger partial charge >= 0.3 is 5.97 Å². The molecule has 1 atom stereocenters. The summed E-state index contributed by atoms with van der Waals surface area (Å²) in [7, 11) is 0. The number of amidine groups is 1. The van der Waals surface area contributed by atoms with E-state index >= 15 is 0 Å². The molecule has 0 aromatic heterocycles. The van der Waals surface area contributed by atoms with Crippen molar-refractivity contribution in [3.8, 4) is 0 Å². The molecule has 0 aliphatic carbocycles. The molecule has 1 unspecified atom stereocenters. The lowest BCUT2D eigenvalue weighted by molar-refractivity contribution is -0.139. The molecular formula is C29H33N3O3S. The van der Waals surface area contributed by atoms with Crippen LogP contribution in [0.25, 0.3) is 5.70 Å². The molecule has 2 aliphatic rings. The van der Waals surface area contributed by atoms with Crippen LogP contribution < -0.4 is 5.32 Å². The van der Waals surface area contributed by atoms with E-state index in [0.717, 1.165) is 33.1 Å². The number of carbonyl (C=O) groups is 2. The van der Waals surface area contributed by atoms with Gasteiger partial charge in [-0.15, -0.1) is 0 Å². The third kappa shape index (κ3) is 5.41. The summed E-state index contributed by atoms with van der Waals surface area (Å²) in [5.74, 6) is -0.0842. The van der Waals surface area contributed by atoms with E-state index in [0.29, 0.717) is 23.7 Å². The molecule has 0 bridgehead atoms. The largest absolute Gasteiger partial charge is 0.463 e. The van der Waals surface area contributed by atoms with E-state index in [4.69, 9.17) is 9.73 Å². The number of nitrogens with zero attached hydrogens (tertiary/aromatic N) is 2. The van der Waals surface area contributed by atoms with Crippen LogP contribution in [0.2, 0.25) is 0 Å². The van der Waals surface area contributed by atoms with Gasteiger partial charge < -0.3 is 15.0 Å². The lowest BCUT2D eigenvalue weighted by Gasteiger charge is -2.37. The first-order valence-corrected chi connectivity index (χ1v) is 13.2. The maximum atomic E-state index is 13.6. The number of esters is 1. The second kappa shape index (κ2) is 11.2. The first-order valence-electron chi connectivity index (χ1n) is 12.3. The minimum atomic E-state index is -0.466. The highest BCUT2D eigenvalue weighted by Gasteiger charge is 2.42. The van der Waals surface area contributed by atoms with Crippen LogP contribution in [0.1, 0.15) is 55.5 Å². The second-order valence-corrected chi connectivity index (χ2v) is 10.3. The normalized spacial score (nSPS) is 17.1. The number of aryl methyl sites for hydroxylation is 2. The molecule has 0 saturated heterocycles. The summed E-state index contributed by atoms with van der Waals surface area (Å²) in [6.07, 6.45) is 0.205. The summed E-state index contributed by atoms with van der Waals surface area (Å²) < 4.78 is 5.58. The average Bonchev–Trinajstić information content (AvgIpc) is 3.25. The molecule has 0 radical (unpaired) electrons. The number of aliphatic imine (C=N–C) groups is 1. The van der Waals surface area contributed by atoms with Gasteiger partial charge in [0.05, 0.1) is 30.3 Å². The minimum Gasteiger partial charge on any atom is -0.463 e. The predicted octanol–water partition coefficient (Wildman–Crippen LogP) is 5.74. The molecule has 2 aliphatic heterocycles. The molecule has 2 aromatic carbocycles. The van der Waals surface area contributed by atoms with Gasteiger partial charge in [0.15, 0.2) is 5.17 Å². The molecule has 188 valence electrons. The average molecular weight is 504 g/mol. The van der Waals surface area contributed by atoms with Gasteiger partial charge in [0.25, 0.3) is 0 Å². The summed E-state index contributed by atoms with van der Waals surface area (Å²) in [6.45, 7) is 10.9. The third-order valence-electron chi connectivity index (χ3n) is 6.12. The van der Waals surface area contributed by atoms with Gasteiger partial charge in [0.1, 0.15) is 0 Å². The molecular weight excluding hydrogens is 470 g/mol.